The maximum Gasteiger partial charge on any atom is 0.408 e. The van der Waals surface area contributed by atoms with E-state index in [0.717, 1.165) is 28.3 Å². The van der Waals surface area contributed by atoms with Crippen LogP contribution >= 0.6 is 11.6 Å². The van der Waals surface area contributed by atoms with Crippen molar-refractivity contribution in [3.05, 3.63) is 118 Å². The number of nitrogens with one attached hydrogen (secondary N) is 2. The zero-order valence-corrected chi connectivity index (χ0v) is 26.6. The van der Waals surface area contributed by atoms with Crippen LogP contribution in [0.2, 0.25) is 5.02 Å². The molecule has 0 bridgehead atoms. The van der Waals surface area contributed by atoms with Crippen LogP contribution < -0.4 is 10.6 Å². The normalized spacial score (nSPS) is 15.2. The Balaban J connectivity index is 1.04. The predicted octanol–water partition coefficient (Wildman–Crippen LogP) is 7.13. The highest BCUT2D eigenvalue weighted by Gasteiger charge is 2.48. The van der Waals surface area contributed by atoms with Crippen LogP contribution in [0.3, 0.4) is 0 Å². The van der Waals surface area contributed by atoms with Crippen LogP contribution in [0.15, 0.2) is 83.4 Å². The highest BCUT2D eigenvalue weighted by molar-refractivity contribution is 6.31. The van der Waals surface area contributed by atoms with Gasteiger partial charge in [0.25, 0.3) is 5.91 Å². The molecular weight excluding hydrogens is 642 g/mol. The molecule has 2 amide bonds. The van der Waals surface area contributed by atoms with Crippen molar-refractivity contribution in [3.8, 4) is 33.6 Å². The number of amides is 2. The van der Waals surface area contributed by atoms with Gasteiger partial charge in [-0.3, -0.25) is 4.79 Å². The number of hydrogen-bond donors (Lipinski definition) is 2. The zero-order chi connectivity index (χ0) is 33.6. The summed E-state index contributed by atoms with van der Waals surface area (Å²) in [6.07, 6.45) is -0.764. The molecule has 12 heteroatoms. The van der Waals surface area contributed by atoms with E-state index in [9.17, 15) is 9.59 Å². The Morgan fingerprint density at radius 1 is 0.979 bits per heavy atom. The quantitative estimate of drug-likeness (QED) is 0.181. The number of aryl methyl sites for hydroxylation is 1. The van der Waals surface area contributed by atoms with Crippen molar-refractivity contribution >= 4 is 23.6 Å². The van der Waals surface area contributed by atoms with E-state index in [1.807, 2.05) is 48.5 Å². The second-order valence-corrected chi connectivity index (χ2v) is 12.3. The minimum Gasteiger partial charge on any atom is -0.449 e. The lowest BCUT2D eigenvalue weighted by molar-refractivity contribution is -0.148. The van der Waals surface area contributed by atoms with E-state index in [4.69, 9.17) is 25.6 Å². The van der Waals surface area contributed by atoms with Crippen molar-refractivity contribution < 1.29 is 32.4 Å². The number of hydrogen-bond acceptors (Lipinski definition) is 7. The molecule has 244 valence electrons. The largest absolute Gasteiger partial charge is 0.449 e. The number of halogens is 3. The maximum atomic E-state index is 15.6. The van der Waals surface area contributed by atoms with Crippen molar-refractivity contribution in [2.24, 2.45) is 0 Å². The van der Waals surface area contributed by atoms with E-state index in [0.29, 0.717) is 5.56 Å². The number of alkyl carbamates (subject to hydrolysis) is 1. The lowest BCUT2D eigenvalue weighted by Crippen LogP contribution is -2.70. The van der Waals surface area contributed by atoms with Gasteiger partial charge in [0.15, 0.2) is 5.54 Å². The molecule has 5 aromatic rings. The number of carbonyl (C=O) groups is 2. The molecule has 2 N–H and O–H groups in total. The molecule has 1 aliphatic heterocycles. The summed E-state index contributed by atoms with van der Waals surface area (Å²) in [5.41, 5.74) is 3.70. The Morgan fingerprint density at radius 2 is 1.67 bits per heavy atom. The number of rotatable bonds is 8. The van der Waals surface area contributed by atoms with Crippen LogP contribution in [-0.2, 0) is 14.3 Å². The predicted molar refractivity (Wildman–Crippen MR) is 173 cm³/mol. The van der Waals surface area contributed by atoms with Crippen molar-refractivity contribution in [3.63, 3.8) is 0 Å². The molecule has 2 heterocycles. The Kier molecular flexibility index (Phi) is 8.18. The smallest absolute Gasteiger partial charge is 0.408 e. The minimum atomic E-state index is -1.39. The van der Waals surface area contributed by atoms with Gasteiger partial charge in [0.1, 0.15) is 18.2 Å². The molecule has 2 aliphatic rings. The van der Waals surface area contributed by atoms with Crippen LogP contribution in [0.5, 0.6) is 0 Å². The molecule has 9 nitrogen and oxygen atoms in total. The molecule has 1 fully saturated rings. The average Bonchev–Trinajstić information content (AvgIpc) is 3.61. The van der Waals surface area contributed by atoms with Gasteiger partial charge in [-0.15, -0.1) is 0 Å². The molecule has 0 radical (unpaired) electrons. The lowest BCUT2D eigenvalue weighted by atomic mass is 9.94. The van der Waals surface area contributed by atoms with E-state index < -0.39 is 35.2 Å². The highest BCUT2D eigenvalue weighted by atomic mass is 35.5. The summed E-state index contributed by atoms with van der Waals surface area (Å²) in [5.74, 6) is -1.81. The minimum absolute atomic E-state index is 0.00120. The zero-order valence-electron chi connectivity index (χ0n) is 25.9. The standard InChI is InChI=1S/C36H29ClF2N4O5/c1-19(23-12-11-21(13-30(23)38)28-14-22(37)15-31(39)32(28)33-41-20(2)48-43-33)40-34(44)36(17-46-18-36)42-35(45)47-16-29-26-9-5-3-7-24(26)25-8-4-6-10-27(25)29/h3-15,19,29H,16-18H2,1-2H3,(H,40,44)(H,42,45)/t19-/m1/s1. The molecule has 0 unspecified atom stereocenters. The Labute approximate surface area is 279 Å². The molecule has 0 spiro atoms. The summed E-state index contributed by atoms with van der Waals surface area (Å²) in [6, 6.07) is 22.1. The molecule has 7 rings (SSSR count). The maximum absolute atomic E-state index is 15.6. The third-order valence-corrected chi connectivity index (χ3v) is 8.97. The summed E-state index contributed by atoms with van der Waals surface area (Å²) >= 11 is 6.14. The van der Waals surface area contributed by atoms with Gasteiger partial charge >= 0.3 is 6.09 Å². The molecular formula is C36H29ClF2N4O5. The fourth-order valence-electron chi connectivity index (χ4n) is 6.28. The van der Waals surface area contributed by atoms with Gasteiger partial charge in [0.2, 0.25) is 11.7 Å². The summed E-state index contributed by atoms with van der Waals surface area (Å²) in [6.45, 7) is 3.12. The van der Waals surface area contributed by atoms with Gasteiger partial charge in [0.05, 0.1) is 24.8 Å². The molecule has 1 atom stereocenters. The second kappa shape index (κ2) is 12.5. The van der Waals surface area contributed by atoms with Crippen LogP contribution in [0.4, 0.5) is 13.6 Å². The summed E-state index contributed by atoms with van der Waals surface area (Å²) in [5, 5.41) is 9.38. The highest BCUT2D eigenvalue weighted by Crippen LogP contribution is 2.44. The van der Waals surface area contributed by atoms with E-state index in [2.05, 4.69) is 20.8 Å². The Hall–Kier alpha value is -5.13. The number of aromatic nitrogens is 2. The number of benzene rings is 4. The van der Waals surface area contributed by atoms with Crippen molar-refractivity contribution in [2.45, 2.75) is 31.3 Å². The van der Waals surface area contributed by atoms with Crippen LogP contribution in [-0.4, -0.2) is 47.5 Å². The van der Waals surface area contributed by atoms with Gasteiger partial charge in [-0.1, -0.05) is 77.4 Å². The Morgan fingerprint density at radius 3 is 2.27 bits per heavy atom. The molecule has 0 saturated carbocycles. The SMILES string of the molecule is Cc1nc(-c2c(F)cc(Cl)cc2-c2ccc([C@@H](C)NC(=O)C3(NC(=O)OCC4c5ccccc5-c5ccccc54)COC3)c(F)c2)no1. The monoisotopic (exact) mass is 670 g/mol. The lowest BCUT2D eigenvalue weighted by Gasteiger charge is -2.40. The number of fused-ring (bicyclic) bond motifs is 3. The summed E-state index contributed by atoms with van der Waals surface area (Å²) in [4.78, 5) is 30.6. The van der Waals surface area contributed by atoms with Gasteiger partial charge in [-0.25, -0.2) is 13.6 Å². The van der Waals surface area contributed by atoms with Gasteiger partial charge in [0, 0.05) is 23.4 Å². The van der Waals surface area contributed by atoms with Crippen molar-refractivity contribution in [2.75, 3.05) is 19.8 Å². The fourth-order valence-corrected chi connectivity index (χ4v) is 6.49. The number of ether oxygens (including phenoxy) is 2. The number of nitrogens with zero attached hydrogens (tertiary/aromatic N) is 2. The molecule has 4 aromatic carbocycles. The summed E-state index contributed by atoms with van der Waals surface area (Å²) in [7, 11) is 0. The van der Waals surface area contributed by atoms with E-state index in [1.54, 1.807) is 19.9 Å². The molecule has 1 saturated heterocycles. The van der Waals surface area contributed by atoms with Crippen LogP contribution in [0.1, 0.15) is 41.5 Å². The molecule has 1 aliphatic carbocycles. The van der Waals surface area contributed by atoms with E-state index in [-0.39, 0.29) is 59.2 Å². The van der Waals surface area contributed by atoms with E-state index >= 15 is 8.78 Å². The first-order chi connectivity index (χ1) is 23.1. The Bertz CT molecular complexity index is 2020. The first-order valence-electron chi connectivity index (χ1n) is 15.2. The van der Waals surface area contributed by atoms with Crippen molar-refractivity contribution in [1.82, 2.24) is 20.8 Å². The average molecular weight is 671 g/mol. The van der Waals surface area contributed by atoms with Gasteiger partial charge in [-0.05, 0) is 58.5 Å². The van der Waals surface area contributed by atoms with Crippen molar-refractivity contribution in [1.29, 1.82) is 0 Å². The fraction of sp³-hybridized carbons (Fsp3) is 0.222. The van der Waals surface area contributed by atoms with Crippen LogP contribution in [0, 0.1) is 18.6 Å². The first kappa shape index (κ1) is 31.5. The van der Waals surface area contributed by atoms with Gasteiger partial charge in [-0.2, -0.15) is 4.98 Å². The second-order valence-electron chi connectivity index (χ2n) is 11.9. The molecule has 48 heavy (non-hydrogen) atoms. The summed E-state index contributed by atoms with van der Waals surface area (Å²) < 4.78 is 46.6. The molecule has 1 aromatic heterocycles. The third kappa shape index (κ3) is 5.69. The third-order valence-electron chi connectivity index (χ3n) is 8.75. The van der Waals surface area contributed by atoms with E-state index in [1.165, 1.54) is 18.2 Å². The van der Waals surface area contributed by atoms with Gasteiger partial charge < -0.3 is 24.6 Å². The first-order valence-corrected chi connectivity index (χ1v) is 15.6. The number of carbonyl (C=O) groups excluding carboxylic acids is 2. The van der Waals surface area contributed by atoms with Crippen LogP contribution in [0.25, 0.3) is 33.6 Å². The topological polar surface area (TPSA) is 116 Å².